The molecule has 3 atom stereocenters. The highest BCUT2D eigenvalue weighted by Gasteiger charge is 2.57. The molecule has 0 bridgehead atoms. The Morgan fingerprint density at radius 1 is 1.27 bits per heavy atom. The Balaban J connectivity index is 2.45. The van der Waals surface area contributed by atoms with Crippen LogP contribution in [-0.4, -0.2) is 36.5 Å². The Bertz CT molecular complexity index is 672. The first-order valence-electron chi connectivity index (χ1n) is 8.74. The second-order valence-electron chi connectivity index (χ2n) is 6.57. The largest absolute Gasteiger partial charge is 0.500 e. The molecule has 1 aromatic carbocycles. The molecular weight excluding hydrogens is 375 g/mol. The zero-order valence-electron chi connectivity index (χ0n) is 15.7. The fourth-order valence-electron chi connectivity index (χ4n) is 3.29. The van der Waals surface area contributed by atoms with E-state index in [0.717, 1.165) is 12.8 Å². The topological polar surface area (TPSA) is 44.8 Å². The molecule has 0 heterocycles. The summed E-state index contributed by atoms with van der Waals surface area (Å²) in [5.41, 5.74) is 0.475. The van der Waals surface area contributed by atoms with Crippen molar-refractivity contribution < 1.29 is 19.0 Å². The van der Waals surface area contributed by atoms with Gasteiger partial charge in [-0.2, -0.15) is 0 Å². The Hall–Kier alpha value is -1.23. The van der Waals surface area contributed by atoms with Crippen molar-refractivity contribution in [2.75, 3.05) is 20.8 Å². The molecule has 0 spiro atoms. The molecule has 0 amide bonds. The number of alkyl halides is 2. The maximum absolute atomic E-state index is 13.4. The number of unbranched alkanes of at least 4 members (excludes halogenated alkanes) is 1. The van der Waals surface area contributed by atoms with Gasteiger partial charge in [0.15, 0.2) is 10.8 Å². The van der Waals surface area contributed by atoms with Crippen LogP contribution in [0.5, 0.6) is 5.75 Å². The summed E-state index contributed by atoms with van der Waals surface area (Å²) in [6.07, 6.45) is 3.97. The van der Waals surface area contributed by atoms with Crippen molar-refractivity contribution in [3.8, 4) is 5.75 Å². The third-order valence-electron chi connectivity index (χ3n) is 4.70. The molecule has 26 heavy (non-hydrogen) atoms. The van der Waals surface area contributed by atoms with E-state index in [0.29, 0.717) is 30.1 Å². The van der Waals surface area contributed by atoms with Gasteiger partial charge >= 0.3 is 0 Å². The fourth-order valence-corrected chi connectivity index (χ4v) is 4.25. The normalized spacial score (nSPS) is 28.4. The van der Waals surface area contributed by atoms with Gasteiger partial charge in [0, 0.05) is 18.6 Å². The number of carbonyl (C=O) groups is 1. The van der Waals surface area contributed by atoms with Gasteiger partial charge in [0.05, 0.1) is 20.1 Å². The monoisotopic (exact) mass is 400 g/mol. The highest BCUT2D eigenvalue weighted by Crippen LogP contribution is 2.50. The van der Waals surface area contributed by atoms with Crippen LogP contribution in [-0.2, 0) is 9.47 Å². The van der Waals surface area contributed by atoms with E-state index in [9.17, 15) is 4.79 Å². The lowest BCUT2D eigenvalue weighted by molar-refractivity contribution is -0.0332. The number of benzene rings is 1. The van der Waals surface area contributed by atoms with E-state index in [1.54, 1.807) is 51.5 Å². The average Bonchev–Trinajstić information content (AvgIpc) is 2.61. The molecule has 0 saturated carbocycles. The van der Waals surface area contributed by atoms with Crippen molar-refractivity contribution in [2.24, 2.45) is 5.92 Å². The average molecular weight is 401 g/mol. The van der Waals surface area contributed by atoms with E-state index < -0.39 is 15.9 Å². The number of carbonyl (C=O) groups excluding carboxylic acids is 1. The molecular formula is C20H26Cl2O4. The summed E-state index contributed by atoms with van der Waals surface area (Å²) in [5.74, 6) is 0.103. The summed E-state index contributed by atoms with van der Waals surface area (Å²) < 4.78 is 16.6. The Kier molecular flexibility index (Phi) is 7.00. The molecule has 6 heteroatoms. The van der Waals surface area contributed by atoms with E-state index in [1.165, 1.54) is 0 Å². The first-order valence-corrected chi connectivity index (χ1v) is 9.50. The van der Waals surface area contributed by atoms with Gasteiger partial charge in [-0.3, -0.25) is 4.79 Å². The number of hydrogen-bond donors (Lipinski definition) is 0. The second-order valence-corrected chi connectivity index (χ2v) is 7.99. The fraction of sp³-hybridized carbons (Fsp3) is 0.550. The number of hydrogen-bond acceptors (Lipinski definition) is 4. The quantitative estimate of drug-likeness (QED) is 0.342. The summed E-state index contributed by atoms with van der Waals surface area (Å²) in [5, 5.41) is -1.23. The summed E-state index contributed by atoms with van der Waals surface area (Å²) in [4.78, 5) is 12.3. The van der Waals surface area contributed by atoms with Gasteiger partial charge in [-0.15, -0.1) is 11.6 Å². The van der Waals surface area contributed by atoms with Gasteiger partial charge in [0.1, 0.15) is 16.4 Å². The predicted octanol–water partition coefficient (Wildman–Crippen LogP) is 5.18. The van der Waals surface area contributed by atoms with Crippen LogP contribution in [0.1, 0.15) is 43.5 Å². The number of Topliss-reactive ketones (excluding diaryl/α,β-unsaturated/α-hetero) is 1. The van der Waals surface area contributed by atoms with Gasteiger partial charge in [0.2, 0.25) is 0 Å². The molecule has 4 nitrogen and oxygen atoms in total. The van der Waals surface area contributed by atoms with Crippen LogP contribution in [0.15, 0.2) is 36.1 Å². The Morgan fingerprint density at radius 2 is 2.00 bits per heavy atom. The second kappa shape index (κ2) is 8.64. The lowest BCUT2D eigenvalue weighted by atomic mass is 9.75. The Morgan fingerprint density at radius 3 is 2.62 bits per heavy atom. The van der Waals surface area contributed by atoms with Crippen LogP contribution >= 0.6 is 23.2 Å². The number of methoxy groups -OCH3 is 2. The first-order chi connectivity index (χ1) is 12.3. The highest BCUT2D eigenvalue weighted by atomic mass is 35.5. The van der Waals surface area contributed by atoms with Crippen molar-refractivity contribution >= 4 is 29.0 Å². The van der Waals surface area contributed by atoms with Gasteiger partial charge < -0.3 is 14.2 Å². The van der Waals surface area contributed by atoms with Crippen LogP contribution in [0.25, 0.3) is 0 Å². The van der Waals surface area contributed by atoms with Crippen molar-refractivity contribution in [1.82, 2.24) is 0 Å². The van der Waals surface area contributed by atoms with Crippen molar-refractivity contribution in [3.05, 3.63) is 41.7 Å². The molecule has 0 saturated heterocycles. The minimum atomic E-state index is -1.23. The molecule has 3 unspecified atom stereocenters. The number of rotatable bonds is 8. The van der Waals surface area contributed by atoms with E-state index in [-0.39, 0.29) is 5.78 Å². The lowest BCUT2D eigenvalue weighted by Crippen LogP contribution is -2.54. The maximum Gasteiger partial charge on any atom is 0.172 e. The van der Waals surface area contributed by atoms with Gasteiger partial charge in [-0.05, 0) is 31.6 Å². The van der Waals surface area contributed by atoms with Crippen LogP contribution < -0.4 is 4.74 Å². The maximum atomic E-state index is 13.4. The first kappa shape index (κ1) is 21.1. The smallest absolute Gasteiger partial charge is 0.172 e. The molecule has 0 fully saturated rings. The summed E-state index contributed by atoms with van der Waals surface area (Å²) >= 11 is 13.7. The third-order valence-corrected chi connectivity index (χ3v) is 5.58. The molecule has 0 radical (unpaired) electrons. The molecule has 1 aromatic rings. The summed E-state index contributed by atoms with van der Waals surface area (Å²) in [7, 11) is 3.10. The number of allylic oxidation sites excluding steroid dienone is 1. The SMILES string of the molecule is CCCCOC1(Cl)CC=C(OC)C(C)(Cl)C1C(=O)c1cccc(OC)c1. The molecule has 0 aliphatic heterocycles. The van der Waals surface area contributed by atoms with E-state index in [1.807, 2.05) is 0 Å². The number of halogens is 2. The van der Waals surface area contributed by atoms with Crippen LogP contribution in [0.2, 0.25) is 0 Å². The van der Waals surface area contributed by atoms with Gasteiger partial charge in [0.25, 0.3) is 0 Å². The van der Waals surface area contributed by atoms with Crippen molar-refractivity contribution in [1.29, 1.82) is 0 Å². The van der Waals surface area contributed by atoms with Crippen molar-refractivity contribution in [3.63, 3.8) is 0 Å². The lowest BCUT2D eigenvalue weighted by Gasteiger charge is -2.45. The standard InChI is InChI=1S/C20H26Cl2O4/c1-5-6-12-26-20(22)11-10-16(25-4)19(2,21)18(20)17(23)14-8-7-9-15(13-14)24-3/h7-10,13,18H,5-6,11-12H2,1-4H3. The minimum absolute atomic E-state index is 0.199. The third kappa shape index (κ3) is 4.19. The highest BCUT2D eigenvalue weighted by molar-refractivity contribution is 6.32. The Labute approximate surface area is 165 Å². The van der Waals surface area contributed by atoms with Crippen LogP contribution in [0.4, 0.5) is 0 Å². The minimum Gasteiger partial charge on any atom is -0.500 e. The zero-order chi connectivity index (χ0) is 19.4. The molecule has 0 aromatic heterocycles. The van der Waals surface area contributed by atoms with Crippen molar-refractivity contribution in [2.45, 2.75) is 43.0 Å². The number of ether oxygens (including phenoxy) is 3. The van der Waals surface area contributed by atoms with Crippen LogP contribution in [0.3, 0.4) is 0 Å². The molecule has 144 valence electrons. The summed E-state index contributed by atoms with van der Waals surface area (Å²) in [6.45, 7) is 4.27. The van der Waals surface area contributed by atoms with Gasteiger partial charge in [-0.1, -0.05) is 37.1 Å². The van der Waals surface area contributed by atoms with E-state index in [2.05, 4.69) is 6.92 Å². The van der Waals surface area contributed by atoms with E-state index >= 15 is 0 Å². The predicted molar refractivity (Wildman–Crippen MR) is 104 cm³/mol. The van der Waals surface area contributed by atoms with Gasteiger partial charge in [-0.25, -0.2) is 0 Å². The van der Waals surface area contributed by atoms with Crippen LogP contribution in [0, 0.1) is 5.92 Å². The molecule has 2 rings (SSSR count). The number of ketones is 1. The zero-order valence-corrected chi connectivity index (χ0v) is 17.2. The molecule has 1 aliphatic carbocycles. The van der Waals surface area contributed by atoms with E-state index in [4.69, 9.17) is 37.4 Å². The molecule has 1 aliphatic rings. The summed E-state index contributed by atoms with van der Waals surface area (Å²) in [6, 6.07) is 6.96. The molecule has 0 N–H and O–H groups in total.